The van der Waals surface area contributed by atoms with E-state index in [1.54, 1.807) is 11.3 Å². The van der Waals surface area contributed by atoms with E-state index >= 15 is 0 Å². The number of rotatable bonds is 3. The van der Waals surface area contributed by atoms with Gasteiger partial charge < -0.3 is 4.74 Å². The Morgan fingerprint density at radius 1 is 0.792 bits per heavy atom. The highest BCUT2D eigenvalue weighted by molar-refractivity contribution is 7.22. The van der Waals surface area contributed by atoms with Gasteiger partial charge in [0, 0.05) is 10.1 Å². The first-order chi connectivity index (χ1) is 11.7. The molecule has 3 aromatic carbocycles. The topological polar surface area (TPSA) is 9.23 Å². The zero-order valence-electron chi connectivity index (χ0n) is 13.7. The summed E-state index contributed by atoms with van der Waals surface area (Å²) in [5.74, 6) is 1.82. The van der Waals surface area contributed by atoms with E-state index in [1.165, 1.54) is 31.7 Å². The first kappa shape index (κ1) is 15.0. The van der Waals surface area contributed by atoms with Crippen LogP contribution >= 0.6 is 11.3 Å². The lowest BCUT2D eigenvalue weighted by atomic mass is 10.0. The third-order valence-electron chi connectivity index (χ3n) is 4.14. The van der Waals surface area contributed by atoms with Crippen LogP contribution in [0.25, 0.3) is 20.5 Å². The smallest absolute Gasteiger partial charge is 0.153 e. The van der Waals surface area contributed by atoms with Crippen LogP contribution in [-0.4, -0.2) is 0 Å². The molecule has 1 nitrogen and oxygen atoms in total. The molecule has 0 atom stereocenters. The van der Waals surface area contributed by atoms with Gasteiger partial charge in [-0.25, -0.2) is 0 Å². The van der Waals surface area contributed by atoms with E-state index < -0.39 is 0 Å². The van der Waals surface area contributed by atoms with E-state index in [0.29, 0.717) is 0 Å². The van der Waals surface area contributed by atoms with Crippen molar-refractivity contribution in [2.75, 3.05) is 0 Å². The molecule has 0 aliphatic carbocycles. The minimum absolute atomic E-state index is 0.868. The average molecular weight is 330 g/mol. The van der Waals surface area contributed by atoms with Crippen molar-refractivity contribution in [2.45, 2.75) is 13.8 Å². The minimum Gasteiger partial charge on any atom is -0.455 e. The number of ether oxygens (including phenoxy) is 1. The van der Waals surface area contributed by atoms with Gasteiger partial charge in [-0.05, 0) is 49.2 Å². The fourth-order valence-corrected chi connectivity index (χ4v) is 4.20. The molecule has 4 rings (SSSR count). The Bertz CT molecular complexity index is 999. The summed E-state index contributed by atoms with van der Waals surface area (Å²) in [5.41, 5.74) is 3.80. The van der Waals surface area contributed by atoms with E-state index in [-0.39, 0.29) is 0 Å². The molecule has 0 bridgehead atoms. The Hall–Kier alpha value is -2.58. The van der Waals surface area contributed by atoms with Crippen molar-refractivity contribution in [3.05, 3.63) is 83.9 Å². The van der Waals surface area contributed by atoms with E-state index in [4.69, 9.17) is 4.74 Å². The van der Waals surface area contributed by atoms with Gasteiger partial charge in [-0.2, -0.15) is 0 Å². The first-order valence-corrected chi connectivity index (χ1v) is 8.86. The van der Waals surface area contributed by atoms with Crippen LogP contribution in [0.3, 0.4) is 0 Å². The number of thiophene rings is 1. The lowest BCUT2D eigenvalue weighted by Crippen LogP contribution is -1.87. The van der Waals surface area contributed by atoms with E-state index in [2.05, 4.69) is 56.3 Å². The Balaban J connectivity index is 1.93. The second-order valence-corrected chi connectivity index (χ2v) is 7.04. The summed E-state index contributed by atoms with van der Waals surface area (Å²) in [6, 6.07) is 25.0. The fourth-order valence-electron chi connectivity index (χ4n) is 2.98. The largest absolute Gasteiger partial charge is 0.455 e. The minimum atomic E-state index is 0.868. The fraction of sp³-hybridized carbons (Fsp3) is 0.0909. The van der Waals surface area contributed by atoms with Crippen LogP contribution in [0.5, 0.6) is 11.5 Å². The molecule has 0 saturated carbocycles. The summed E-state index contributed by atoms with van der Waals surface area (Å²) < 4.78 is 7.56. The van der Waals surface area contributed by atoms with Gasteiger partial charge in [0.1, 0.15) is 5.75 Å². The summed E-state index contributed by atoms with van der Waals surface area (Å²) in [6.07, 6.45) is 0. The van der Waals surface area contributed by atoms with Crippen LogP contribution in [0.15, 0.2) is 72.8 Å². The van der Waals surface area contributed by atoms with Gasteiger partial charge in [0.2, 0.25) is 0 Å². The number of hydrogen-bond acceptors (Lipinski definition) is 2. The monoisotopic (exact) mass is 330 g/mol. The number of benzene rings is 3. The summed E-state index contributed by atoms with van der Waals surface area (Å²) in [4.78, 5) is 1.19. The molecule has 0 saturated heterocycles. The number of aryl methyl sites for hydroxylation is 2. The van der Waals surface area contributed by atoms with Crippen molar-refractivity contribution in [3.8, 4) is 21.9 Å². The van der Waals surface area contributed by atoms with E-state index in [9.17, 15) is 0 Å². The molecule has 0 amide bonds. The zero-order chi connectivity index (χ0) is 16.5. The molecular formula is C22H18OS. The van der Waals surface area contributed by atoms with Crippen LogP contribution in [0, 0.1) is 13.8 Å². The molecule has 0 radical (unpaired) electrons. The Morgan fingerprint density at radius 3 is 2.33 bits per heavy atom. The highest BCUT2D eigenvalue weighted by Crippen LogP contribution is 2.47. The van der Waals surface area contributed by atoms with Crippen molar-refractivity contribution in [3.63, 3.8) is 0 Å². The second kappa shape index (κ2) is 6.14. The molecule has 0 aliphatic rings. The molecule has 0 spiro atoms. The van der Waals surface area contributed by atoms with Gasteiger partial charge in [0.15, 0.2) is 5.75 Å². The average Bonchev–Trinajstić information content (AvgIpc) is 2.94. The summed E-state index contributed by atoms with van der Waals surface area (Å²) >= 11 is 1.79. The maximum atomic E-state index is 6.31. The van der Waals surface area contributed by atoms with Crippen molar-refractivity contribution >= 4 is 21.4 Å². The highest BCUT2D eigenvalue weighted by atomic mass is 32.1. The molecule has 1 aromatic heterocycles. The van der Waals surface area contributed by atoms with Crippen molar-refractivity contribution in [2.24, 2.45) is 0 Å². The summed E-state index contributed by atoms with van der Waals surface area (Å²) in [6.45, 7) is 4.29. The normalized spacial score (nSPS) is 10.9. The SMILES string of the molecule is Cc1ccc(-c2sc3ccccc3c2Oc2ccccc2)c(C)c1. The van der Waals surface area contributed by atoms with Crippen LogP contribution in [0.2, 0.25) is 0 Å². The standard InChI is InChI=1S/C22H18OS/c1-15-12-13-18(16(2)14-15)22-21(23-17-8-4-3-5-9-17)19-10-6-7-11-20(19)24-22/h3-14H,1-2H3. The molecule has 0 N–H and O–H groups in total. The molecular weight excluding hydrogens is 312 g/mol. The predicted octanol–water partition coefficient (Wildman–Crippen LogP) is 6.98. The maximum absolute atomic E-state index is 6.31. The Labute approximate surface area is 146 Å². The number of para-hydroxylation sites is 1. The van der Waals surface area contributed by atoms with E-state index in [1.807, 2.05) is 30.3 Å². The second-order valence-electron chi connectivity index (χ2n) is 5.99. The number of hydrogen-bond donors (Lipinski definition) is 0. The Kier molecular flexibility index (Phi) is 3.83. The van der Waals surface area contributed by atoms with E-state index in [0.717, 1.165) is 11.5 Å². The quantitative estimate of drug-likeness (QED) is 0.394. The van der Waals surface area contributed by atoms with Crippen LogP contribution in [-0.2, 0) is 0 Å². The van der Waals surface area contributed by atoms with Gasteiger partial charge >= 0.3 is 0 Å². The van der Waals surface area contributed by atoms with Gasteiger partial charge in [-0.15, -0.1) is 11.3 Å². The van der Waals surface area contributed by atoms with Gasteiger partial charge in [0.25, 0.3) is 0 Å². The van der Waals surface area contributed by atoms with Crippen molar-refractivity contribution in [1.29, 1.82) is 0 Å². The molecule has 118 valence electrons. The lowest BCUT2D eigenvalue weighted by Gasteiger charge is -2.10. The van der Waals surface area contributed by atoms with Gasteiger partial charge in [-0.1, -0.05) is 54.1 Å². The van der Waals surface area contributed by atoms with Crippen molar-refractivity contribution in [1.82, 2.24) is 0 Å². The molecule has 0 fully saturated rings. The van der Waals surface area contributed by atoms with Crippen LogP contribution < -0.4 is 4.74 Å². The van der Waals surface area contributed by atoms with Gasteiger partial charge in [-0.3, -0.25) is 0 Å². The van der Waals surface area contributed by atoms with Crippen molar-refractivity contribution < 1.29 is 4.74 Å². The molecule has 1 heterocycles. The lowest BCUT2D eigenvalue weighted by molar-refractivity contribution is 0.491. The summed E-state index contributed by atoms with van der Waals surface area (Å²) in [7, 11) is 0. The predicted molar refractivity (Wildman–Crippen MR) is 103 cm³/mol. The third kappa shape index (κ3) is 2.70. The van der Waals surface area contributed by atoms with Crippen LogP contribution in [0.4, 0.5) is 0 Å². The molecule has 2 heteroatoms. The van der Waals surface area contributed by atoms with Gasteiger partial charge in [0.05, 0.1) is 4.88 Å². The van der Waals surface area contributed by atoms with Crippen LogP contribution in [0.1, 0.15) is 11.1 Å². The Morgan fingerprint density at radius 2 is 1.54 bits per heavy atom. The molecule has 24 heavy (non-hydrogen) atoms. The first-order valence-electron chi connectivity index (χ1n) is 8.04. The zero-order valence-corrected chi connectivity index (χ0v) is 14.6. The maximum Gasteiger partial charge on any atom is 0.153 e. The third-order valence-corrected chi connectivity index (χ3v) is 5.32. The molecule has 4 aromatic rings. The summed E-state index contributed by atoms with van der Waals surface area (Å²) in [5, 5.41) is 1.17. The molecule has 0 aliphatic heterocycles. The number of fused-ring (bicyclic) bond motifs is 1. The highest BCUT2D eigenvalue weighted by Gasteiger charge is 2.17. The molecule has 0 unspecified atom stereocenters.